The van der Waals surface area contributed by atoms with Crippen LogP contribution in [0.1, 0.15) is 32.1 Å². The van der Waals surface area contributed by atoms with E-state index in [1.54, 1.807) is 18.2 Å². The summed E-state index contributed by atoms with van der Waals surface area (Å²) in [6.07, 6.45) is 5.78. The summed E-state index contributed by atoms with van der Waals surface area (Å²) in [7, 11) is 0. The van der Waals surface area contributed by atoms with Gasteiger partial charge < -0.3 is 5.32 Å². The van der Waals surface area contributed by atoms with Gasteiger partial charge in [-0.05, 0) is 25.0 Å². The third kappa shape index (κ3) is 3.99. The predicted octanol–water partition coefficient (Wildman–Crippen LogP) is 2.84. The van der Waals surface area contributed by atoms with Crippen LogP contribution in [-0.2, 0) is 4.79 Å². The van der Waals surface area contributed by atoms with E-state index in [0.717, 1.165) is 31.0 Å². The van der Waals surface area contributed by atoms with E-state index in [0.29, 0.717) is 23.7 Å². The molecule has 0 bridgehead atoms. The van der Waals surface area contributed by atoms with E-state index in [2.05, 4.69) is 21.6 Å². The Morgan fingerprint density at radius 1 is 1.36 bits per heavy atom. The van der Waals surface area contributed by atoms with Crippen LogP contribution >= 0.6 is 11.8 Å². The second-order valence-corrected chi connectivity index (χ2v) is 6.97. The van der Waals surface area contributed by atoms with Crippen molar-refractivity contribution in [2.75, 3.05) is 5.75 Å². The molecule has 2 aromatic rings. The Labute approximate surface area is 149 Å². The molecule has 130 valence electrons. The zero-order valence-electron chi connectivity index (χ0n) is 13.6. The Morgan fingerprint density at radius 3 is 2.84 bits per heavy atom. The van der Waals surface area contributed by atoms with Gasteiger partial charge in [-0.25, -0.2) is 4.39 Å². The lowest BCUT2D eigenvalue weighted by molar-refractivity contribution is -0.120. The van der Waals surface area contributed by atoms with Gasteiger partial charge in [-0.1, -0.05) is 43.2 Å². The first kappa shape index (κ1) is 17.4. The van der Waals surface area contributed by atoms with Gasteiger partial charge in [0.15, 0.2) is 5.16 Å². The summed E-state index contributed by atoms with van der Waals surface area (Å²) in [5, 5.41) is 20.5. The summed E-state index contributed by atoms with van der Waals surface area (Å²) in [5.41, 5.74) is -0.425. The van der Waals surface area contributed by atoms with E-state index < -0.39 is 5.54 Å². The number of hydrogen-bond donors (Lipinski definition) is 1. The first-order valence-electron chi connectivity index (χ1n) is 8.13. The minimum absolute atomic E-state index is 0.0938. The van der Waals surface area contributed by atoms with Gasteiger partial charge in [0.1, 0.15) is 17.7 Å². The molecule has 1 aromatic heterocycles. The van der Waals surface area contributed by atoms with E-state index in [1.807, 2.05) is 0 Å². The van der Waals surface area contributed by atoms with Crippen molar-refractivity contribution in [1.29, 1.82) is 5.26 Å². The smallest absolute Gasteiger partial charge is 0.231 e. The van der Waals surface area contributed by atoms with E-state index in [-0.39, 0.29) is 17.5 Å². The number of nitrogens with one attached hydrogen (secondary N) is 1. The molecule has 0 unspecified atom stereocenters. The van der Waals surface area contributed by atoms with Crippen LogP contribution in [0.15, 0.2) is 35.7 Å². The van der Waals surface area contributed by atoms with Gasteiger partial charge in [0.2, 0.25) is 5.91 Å². The number of carbonyl (C=O) groups is 1. The van der Waals surface area contributed by atoms with Crippen LogP contribution in [0.25, 0.3) is 5.69 Å². The van der Waals surface area contributed by atoms with E-state index in [9.17, 15) is 14.4 Å². The Bertz CT molecular complexity index is 794. The number of nitriles is 1. The third-order valence-electron chi connectivity index (χ3n) is 4.26. The zero-order valence-corrected chi connectivity index (χ0v) is 14.4. The average molecular weight is 359 g/mol. The highest BCUT2D eigenvalue weighted by Crippen LogP contribution is 2.28. The van der Waals surface area contributed by atoms with Crippen molar-refractivity contribution in [2.24, 2.45) is 0 Å². The van der Waals surface area contributed by atoms with Gasteiger partial charge in [0, 0.05) is 0 Å². The summed E-state index contributed by atoms with van der Waals surface area (Å²) in [5.74, 6) is -0.521. The Hall–Kier alpha value is -2.40. The molecular weight excluding hydrogens is 341 g/mol. The number of carbonyl (C=O) groups excluding carboxylic acids is 1. The highest BCUT2D eigenvalue weighted by molar-refractivity contribution is 7.99. The maximum atomic E-state index is 13.9. The van der Waals surface area contributed by atoms with Crippen molar-refractivity contribution in [3.8, 4) is 11.8 Å². The maximum absolute atomic E-state index is 13.9. The summed E-state index contributed by atoms with van der Waals surface area (Å²) < 4.78 is 15.4. The fourth-order valence-corrected chi connectivity index (χ4v) is 3.71. The molecule has 1 aromatic carbocycles. The van der Waals surface area contributed by atoms with Crippen LogP contribution in [0.5, 0.6) is 0 Å². The van der Waals surface area contributed by atoms with Crippen LogP contribution in [0.2, 0.25) is 0 Å². The molecule has 1 saturated carbocycles. The molecule has 0 radical (unpaired) electrons. The number of hydrogen-bond acceptors (Lipinski definition) is 5. The lowest BCUT2D eigenvalue weighted by atomic mass is 9.83. The number of amides is 1. The Kier molecular flexibility index (Phi) is 5.34. The van der Waals surface area contributed by atoms with Crippen LogP contribution in [-0.4, -0.2) is 32.0 Å². The number of rotatable bonds is 5. The molecule has 1 N–H and O–H groups in total. The third-order valence-corrected chi connectivity index (χ3v) is 5.20. The summed E-state index contributed by atoms with van der Waals surface area (Å²) >= 11 is 1.16. The molecule has 0 atom stereocenters. The van der Waals surface area contributed by atoms with Gasteiger partial charge in [-0.3, -0.25) is 9.36 Å². The minimum Gasteiger partial charge on any atom is -0.337 e. The second-order valence-electron chi connectivity index (χ2n) is 6.03. The normalized spacial score (nSPS) is 16.2. The van der Waals surface area contributed by atoms with Crippen LogP contribution < -0.4 is 5.32 Å². The lowest BCUT2D eigenvalue weighted by Crippen LogP contribution is -2.49. The monoisotopic (exact) mass is 359 g/mol. The molecule has 1 amide bonds. The van der Waals surface area contributed by atoms with Crippen molar-refractivity contribution in [3.63, 3.8) is 0 Å². The first-order valence-corrected chi connectivity index (χ1v) is 9.12. The second kappa shape index (κ2) is 7.66. The van der Waals surface area contributed by atoms with Crippen molar-refractivity contribution in [3.05, 3.63) is 36.4 Å². The average Bonchev–Trinajstić information content (AvgIpc) is 3.09. The van der Waals surface area contributed by atoms with Gasteiger partial charge in [-0.15, -0.1) is 10.2 Å². The molecule has 6 nitrogen and oxygen atoms in total. The molecule has 1 aliphatic rings. The van der Waals surface area contributed by atoms with Crippen LogP contribution in [0, 0.1) is 17.1 Å². The standard InChI is InChI=1S/C17H18FN5OS/c18-13-6-2-3-7-14(13)23-12-20-22-16(23)25-10-15(24)21-17(11-19)8-4-1-5-9-17/h2-3,6-7,12H,1,4-5,8-10H2,(H,21,24). The molecule has 0 spiro atoms. The highest BCUT2D eigenvalue weighted by atomic mass is 32.2. The summed E-state index contributed by atoms with van der Waals surface area (Å²) in [6, 6.07) is 8.57. The van der Waals surface area contributed by atoms with Crippen molar-refractivity contribution in [1.82, 2.24) is 20.1 Å². The first-order chi connectivity index (χ1) is 12.1. The van der Waals surface area contributed by atoms with Crippen molar-refractivity contribution in [2.45, 2.75) is 42.8 Å². The molecule has 0 aliphatic heterocycles. The fraction of sp³-hybridized carbons (Fsp3) is 0.412. The van der Waals surface area contributed by atoms with Gasteiger partial charge in [0.05, 0.1) is 17.5 Å². The van der Waals surface area contributed by atoms with E-state index in [4.69, 9.17) is 0 Å². The Morgan fingerprint density at radius 2 is 2.12 bits per heavy atom. The number of benzene rings is 1. The molecule has 3 rings (SSSR count). The molecule has 0 saturated heterocycles. The Balaban J connectivity index is 1.65. The van der Waals surface area contributed by atoms with Crippen molar-refractivity contribution >= 4 is 17.7 Å². The van der Waals surface area contributed by atoms with Crippen molar-refractivity contribution < 1.29 is 9.18 Å². The molecular formula is C17H18FN5OS. The molecule has 25 heavy (non-hydrogen) atoms. The molecule has 1 fully saturated rings. The minimum atomic E-state index is -0.755. The van der Waals surface area contributed by atoms with E-state index in [1.165, 1.54) is 17.0 Å². The molecule has 1 heterocycles. The topological polar surface area (TPSA) is 83.6 Å². The summed E-state index contributed by atoms with van der Waals surface area (Å²) in [6.45, 7) is 0. The zero-order chi connectivity index (χ0) is 17.7. The van der Waals surface area contributed by atoms with Gasteiger partial charge in [0.25, 0.3) is 0 Å². The quantitative estimate of drug-likeness (QED) is 0.830. The highest BCUT2D eigenvalue weighted by Gasteiger charge is 2.33. The fourth-order valence-electron chi connectivity index (χ4n) is 2.99. The SMILES string of the molecule is N#CC1(NC(=O)CSc2nncn2-c2ccccc2F)CCCCC1. The number of para-hydroxylation sites is 1. The van der Waals surface area contributed by atoms with E-state index >= 15 is 0 Å². The number of nitrogens with zero attached hydrogens (tertiary/aromatic N) is 4. The largest absolute Gasteiger partial charge is 0.337 e. The number of halogens is 1. The molecule has 1 aliphatic carbocycles. The number of aromatic nitrogens is 3. The van der Waals surface area contributed by atoms with Gasteiger partial charge in [-0.2, -0.15) is 5.26 Å². The molecule has 8 heteroatoms. The maximum Gasteiger partial charge on any atom is 0.231 e. The summed E-state index contributed by atoms with van der Waals surface area (Å²) in [4.78, 5) is 12.3. The van der Waals surface area contributed by atoms with Crippen LogP contribution in [0.3, 0.4) is 0 Å². The lowest BCUT2D eigenvalue weighted by Gasteiger charge is -2.31. The predicted molar refractivity (Wildman–Crippen MR) is 91.6 cm³/mol. The number of thioether (sulfide) groups is 1. The van der Waals surface area contributed by atoms with Crippen LogP contribution in [0.4, 0.5) is 4.39 Å². The van der Waals surface area contributed by atoms with Gasteiger partial charge >= 0.3 is 0 Å².